The SMILES string of the molecule is CCNC1CCC(C)CC1N(C)C1CCOCC1. The molecule has 0 aromatic carbocycles. The maximum absolute atomic E-state index is 5.49. The summed E-state index contributed by atoms with van der Waals surface area (Å²) < 4.78 is 5.49. The molecule has 1 N–H and O–H groups in total. The molecule has 2 rings (SSSR count). The van der Waals surface area contributed by atoms with Gasteiger partial charge in [-0.1, -0.05) is 13.8 Å². The monoisotopic (exact) mass is 254 g/mol. The zero-order valence-corrected chi connectivity index (χ0v) is 12.3. The topological polar surface area (TPSA) is 24.5 Å². The smallest absolute Gasteiger partial charge is 0.0480 e. The molecule has 3 unspecified atom stereocenters. The van der Waals surface area contributed by atoms with Gasteiger partial charge in [0.25, 0.3) is 0 Å². The van der Waals surface area contributed by atoms with Crippen molar-refractivity contribution in [1.29, 1.82) is 0 Å². The van der Waals surface area contributed by atoms with E-state index in [0.717, 1.165) is 37.8 Å². The first-order valence-electron chi connectivity index (χ1n) is 7.75. The predicted octanol–water partition coefficient (Wildman–Crippen LogP) is 2.26. The van der Waals surface area contributed by atoms with Crippen molar-refractivity contribution < 1.29 is 4.74 Å². The molecular weight excluding hydrogens is 224 g/mol. The van der Waals surface area contributed by atoms with Crippen molar-refractivity contribution in [2.24, 2.45) is 5.92 Å². The summed E-state index contributed by atoms with van der Waals surface area (Å²) in [5, 5.41) is 3.70. The van der Waals surface area contributed by atoms with Gasteiger partial charge in [-0.05, 0) is 51.6 Å². The zero-order chi connectivity index (χ0) is 13.0. The molecule has 1 aliphatic carbocycles. The van der Waals surface area contributed by atoms with E-state index in [-0.39, 0.29) is 0 Å². The van der Waals surface area contributed by atoms with Crippen LogP contribution in [-0.4, -0.2) is 49.8 Å². The highest BCUT2D eigenvalue weighted by Crippen LogP contribution is 2.29. The van der Waals surface area contributed by atoms with Crippen molar-refractivity contribution in [3.63, 3.8) is 0 Å². The summed E-state index contributed by atoms with van der Waals surface area (Å²) in [4.78, 5) is 2.66. The van der Waals surface area contributed by atoms with Gasteiger partial charge >= 0.3 is 0 Å². The lowest BCUT2D eigenvalue weighted by Crippen LogP contribution is -2.55. The fourth-order valence-electron chi connectivity index (χ4n) is 3.66. The minimum absolute atomic E-state index is 0.694. The van der Waals surface area contributed by atoms with Gasteiger partial charge < -0.3 is 10.1 Å². The van der Waals surface area contributed by atoms with Crippen LogP contribution >= 0.6 is 0 Å². The van der Waals surface area contributed by atoms with E-state index in [1.165, 1.54) is 32.1 Å². The van der Waals surface area contributed by atoms with Crippen LogP contribution in [0.1, 0.15) is 46.0 Å². The lowest BCUT2D eigenvalue weighted by Gasteiger charge is -2.45. The second kappa shape index (κ2) is 6.88. The molecule has 0 spiro atoms. The van der Waals surface area contributed by atoms with E-state index >= 15 is 0 Å². The van der Waals surface area contributed by atoms with E-state index in [1.807, 2.05) is 0 Å². The van der Waals surface area contributed by atoms with Crippen molar-refractivity contribution in [1.82, 2.24) is 10.2 Å². The lowest BCUT2D eigenvalue weighted by molar-refractivity contribution is 0.00950. The van der Waals surface area contributed by atoms with Gasteiger partial charge in [0.2, 0.25) is 0 Å². The Labute approximate surface area is 112 Å². The van der Waals surface area contributed by atoms with Crippen LogP contribution in [0.4, 0.5) is 0 Å². The Kier molecular flexibility index (Phi) is 5.46. The molecule has 0 aromatic rings. The first-order chi connectivity index (χ1) is 8.72. The van der Waals surface area contributed by atoms with E-state index in [9.17, 15) is 0 Å². The predicted molar refractivity (Wildman–Crippen MR) is 75.9 cm³/mol. The van der Waals surface area contributed by atoms with E-state index in [4.69, 9.17) is 4.74 Å². The number of nitrogens with one attached hydrogen (secondary N) is 1. The fraction of sp³-hybridized carbons (Fsp3) is 1.00. The Hall–Kier alpha value is -0.120. The third-order valence-electron chi connectivity index (χ3n) is 4.84. The molecule has 2 fully saturated rings. The highest BCUT2D eigenvalue weighted by Gasteiger charge is 2.34. The Morgan fingerprint density at radius 3 is 2.56 bits per heavy atom. The molecule has 3 heteroatoms. The largest absolute Gasteiger partial charge is 0.381 e. The number of hydrogen-bond donors (Lipinski definition) is 1. The Morgan fingerprint density at radius 2 is 1.89 bits per heavy atom. The van der Waals surface area contributed by atoms with Gasteiger partial charge in [0.05, 0.1) is 0 Å². The maximum atomic E-state index is 5.49. The van der Waals surface area contributed by atoms with Crippen LogP contribution in [0.5, 0.6) is 0 Å². The van der Waals surface area contributed by atoms with Crippen molar-refractivity contribution in [3.8, 4) is 0 Å². The molecule has 0 amide bonds. The Morgan fingerprint density at radius 1 is 1.17 bits per heavy atom. The third kappa shape index (κ3) is 3.46. The second-order valence-corrected chi connectivity index (χ2v) is 6.16. The molecule has 2 aliphatic rings. The summed E-state index contributed by atoms with van der Waals surface area (Å²) in [7, 11) is 2.34. The molecule has 1 heterocycles. The average molecular weight is 254 g/mol. The normalized spacial score (nSPS) is 35.0. The first kappa shape index (κ1) is 14.3. The van der Waals surface area contributed by atoms with Gasteiger partial charge in [0, 0.05) is 31.3 Å². The highest BCUT2D eigenvalue weighted by molar-refractivity contribution is 4.91. The van der Waals surface area contributed by atoms with Gasteiger partial charge in [-0.15, -0.1) is 0 Å². The molecule has 1 saturated carbocycles. The molecule has 0 bridgehead atoms. The minimum Gasteiger partial charge on any atom is -0.381 e. The Bertz CT molecular complexity index is 241. The van der Waals surface area contributed by atoms with Crippen LogP contribution in [0.25, 0.3) is 0 Å². The minimum atomic E-state index is 0.694. The van der Waals surface area contributed by atoms with Crippen LogP contribution in [0.15, 0.2) is 0 Å². The molecule has 3 nitrogen and oxygen atoms in total. The van der Waals surface area contributed by atoms with Crippen molar-refractivity contribution in [2.45, 2.75) is 64.1 Å². The van der Waals surface area contributed by atoms with Crippen molar-refractivity contribution >= 4 is 0 Å². The molecule has 0 radical (unpaired) electrons. The first-order valence-corrected chi connectivity index (χ1v) is 7.75. The fourth-order valence-corrected chi connectivity index (χ4v) is 3.66. The highest BCUT2D eigenvalue weighted by atomic mass is 16.5. The average Bonchev–Trinajstić information content (AvgIpc) is 2.41. The second-order valence-electron chi connectivity index (χ2n) is 6.16. The summed E-state index contributed by atoms with van der Waals surface area (Å²) >= 11 is 0. The van der Waals surface area contributed by atoms with Gasteiger partial charge in [-0.3, -0.25) is 4.90 Å². The number of ether oxygens (including phenoxy) is 1. The van der Waals surface area contributed by atoms with Gasteiger partial charge in [0.1, 0.15) is 0 Å². The number of nitrogens with zero attached hydrogens (tertiary/aromatic N) is 1. The summed E-state index contributed by atoms with van der Waals surface area (Å²) in [6, 6.07) is 2.14. The van der Waals surface area contributed by atoms with Crippen LogP contribution in [-0.2, 0) is 4.74 Å². The summed E-state index contributed by atoms with van der Waals surface area (Å²) in [6.07, 6.45) is 6.50. The lowest BCUT2D eigenvalue weighted by atomic mass is 9.81. The zero-order valence-electron chi connectivity index (χ0n) is 12.3. The van der Waals surface area contributed by atoms with Crippen molar-refractivity contribution in [2.75, 3.05) is 26.8 Å². The maximum Gasteiger partial charge on any atom is 0.0480 e. The van der Waals surface area contributed by atoms with E-state index in [0.29, 0.717) is 6.04 Å². The van der Waals surface area contributed by atoms with E-state index in [1.54, 1.807) is 0 Å². The molecule has 18 heavy (non-hydrogen) atoms. The van der Waals surface area contributed by atoms with Crippen LogP contribution in [0.3, 0.4) is 0 Å². The molecule has 3 atom stereocenters. The van der Waals surface area contributed by atoms with Crippen LogP contribution in [0.2, 0.25) is 0 Å². The molecular formula is C15H30N2O. The van der Waals surface area contributed by atoms with E-state index in [2.05, 4.69) is 31.1 Å². The number of rotatable bonds is 4. The van der Waals surface area contributed by atoms with Gasteiger partial charge in [-0.25, -0.2) is 0 Å². The molecule has 0 aromatic heterocycles. The Balaban J connectivity index is 1.96. The standard InChI is InChI=1S/C15H30N2O/c1-4-16-14-6-5-12(2)11-15(14)17(3)13-7-9-18-10-8-13/h12-16H,4-11H2,1-3H3. The third-order valence-corrected chi connectivity index (χ3v) is 4.84. The summed E-state index contributed by atoms with van der Waals surface area (Å²) in [6.45, 7) is 7.63. The van der Waals surface area contributed by atoms with Crippen LogP contribution in [0, 0.1) is 5.92 Å². The quantitative estimate of drug-likeness (QED) is 0.833. The van der Waals surface area contributed by atoms with E-state index < -0.39 is 0 Å². The number of hydrogen-bond acceptors (Lipinski definition) is 3. The van der Waals surface area contributed by atoms with Crippen LogP contribution < -0.4 is 5.32 Å². The van der Waals surface area contributed by atoms with Crippen molar-refractivity contribution in [3.05, 3.63) is 0 Å². The van der Waals surface area contributed by atoms with Gasteiger partial charge in [-0.2, -0.15) is 0 Å². The molecule has 106 valence electrons. The van der Waals surface area contributed by atoms with Gasteiger partial charge in [0.15, 0.2) is 0 Å². The summed E-state index contributed by atoms with van der Waals surface area (Å²) in [5.41, 5.74) is 0. The molecule has 1 aliphatic heterocycles. The summed E-state index contributed by atoms with van der Waals surface area (Å²) in [5.74, 6) is 0.882. The number of likely N-dealkylation sites (N-methyl/N-ethyl adjacent to an activating group) is 2. The molecule has 1 saturated heterocycles.